The number of benzene rings is 1. The van der Waals surface area contributed by atoms with Crippen LogP contribution in [0.5, 0.6) is 0 Å². The largest absolute Gasteiger partial charge is 0.416 e. The molecule has 1 amide bonds. The number of rotatable bonds is 5. The molecule has 1 atom stereocenters. The lowest BCUT2D eigenvalue weighted by molar-refractivity contribution is -0.141. The van der Waals surface area contributed by atoms with Gasteiger partial charge in [0.05, 0.1) is 12.2 Å². The molecule has 0 aromatic heterocycles. The Morgan fingerprint density at radius 2 is 2.00 bits per heavy atom. The minimum atomic E-state index is -4.55. The first-order chi connectivity index (χ1) is 8.38. The highest BCUT2D eigenvalue weighted by molar-refractivity contribution is 9.09. The molecule has 0 saturated carbocycles. The number of carbonyl (C=O) groups excluding carboxylic acids is 1. The van der Waals surface area contributed by atoms with Gasteiger partial charge in [0, 0.05) is 10.9 Å². The normalized spacial score (nSPS) is 13.3. The lowest BCUT2D eigenvalue weighted by Crippen LogP contribution is -2.26. The van der Waals surface area contributed by atoms with Crippen molar-refractivity contribution in [3.63, 3.8) is 0 Å². The van der Waals surface area contributed by atoms with E-state index in [2.05, 4.69) is 15.9 Å². The molecule has 18 heavy (non-hydrogen) atoms. The van der Waals surface area contributed by atoms with Crippen LogP contribution >= 0.6 is 15.9 Å². The van der Waals surface area contributed by atoms with Gasteiger partial charge in [-0.05, 0) is 6.07 Å². The molecule has 3 nitrogen and oxygen atoms in total. The molecular weight excluding hydrogens is 315 g/mol. The van der Waals surface area contributed by atoms with Crippen molar-refractivity contribution < 1.29 is 22.7 Å². The van der Waals surface area contributed by atoms with Gasteiger partial charge in [-0.25, -0.2) is 0 Å². The van der Waals surface area contributed by atoms with Gasteiger partial charge in [0.15, 0.2) is 6.10 Å². The van der Waals surface area contributed by atoms with Crippen LogP contribution in [0, 0.1) is 0 Å². The van der Waals surface area contributed by atoms with Gasteiger partial charge in [0.1, 0.15) is 0 Å². The smallest absolute Gasteiger partial charge is 0.367 e. The Bertz CT molecular complexity index is 423. The predicted octanol–water partition coefficient (Wildman–Crippen LogP) is 2.64. The Morgan fingerprint density at radius 1 is 1.39 bits per heavy atom. The molecule has 0 aliphatic carbocycles. The van der Waals surface area contributed by atoms with Gasteiger partial charge in [-0.2, -0.15) is 13.2 Å². The molecule has 0 saturated heterocycles. The highest BCUT2D eigenvalue weighted by Gasteiger charge is 2.36. The van der Waals surface area contributed by atoms with Crippen LogP contribution in [0.2, 0.25) is 0 Å². The summed E-state index contributed by atoms with van der Waals surface area (Å²) in [7, 11) is 0. The summed E-state index contributed by atoms with van der Waals surface area (Å²) in [5.74, 6) is -0.951. The van der Waals surface area contributed by atoms with Gasteiger partial charge in [0.25, 0.3) is 5.91 Å². The predicted molar refractivity (Wildman–Crippen MR) is 63.1 cm³/mol. The average molecular weight is 326 g/mol. The van der Waals surface area contributed by atoms with Gasteiger partial charge in [-0.3, -0.25) is 4.79 Å². The van der Waals surface area contributed by atoms with Crippen molar-refractivity contribution >= 4 is 21.8 Å². The number of carbonyl (C=O) groups is 1. The highest BCUT2D eigenvalue weighted by atomic mass is 79.9. The Hall–Kier alpha value is -1.08. The number of hydrogen-bond acceptors (Lipinski definition) is 2. The van der Waals surface area contributed by atoms with E-state index in [1.807, 2.05) is 0 Å². The van der Waals surface area contributed by atoms with Gasteiger partial charge in [-0.15, -0.1) is 0 Å². The lowest BCUT2D eigenvalue weighted by atomic mass is 10.0. The Balaban J connectivity index is 3.16. The van der Waals surface area contributed by atoms with Crippen molar-refractivity contribution in [1.82, 2.24) is 0 Å². The first-order valence-electron chi connectivity index (χ1n) is 5.01. The molecule has 7 heteroatoms. The molecule has 0 heterocycles. The van der Waals surface area contributed by atoms with Crippen LogP contribution in [-0.4, -0.2) is 17.8 Å². The first kappa shape index (κ1) is 15.0. The van der Waals surface area contributed by atoms with Crippen LogP contribution in [0.25, 0.3) is 0 Å². The molecule has 0 bridgehead atoms. The lowest BCUT2D eigenvalue weighted by Gasteiger charge is -2.19. The van der Waals surface area contributed by atoms with Crippen LogP contribution in [0.15, 0.2) is 24.3 Å². The molecule has 1 aromatic rings. The van der Waals surface area contributed by atoms with Gasteiger partial charge in [0.2, 0.25) is 0 Å². The fourth-order valence-corrected chi connectivity index (χ4v) is 1.66. The van der Waals surface area contributed by atoms with Crippen molar-refractivity contribution in [2.24, 2.45) is 5.73 Å². The summed E-state index contributed by atoms with van der Waals surface area (Å²) in [5, 5.41) is 0.394. The number of ether oxygens (including phenoxy) is 1. The second-order valence-corrected chi connectivity index (χ2v) is 4.22. The van der Waals surface area contributed by atoms with Crippen molar-refractivity contribution in [2.75, 3.05) is 11.9 Å². The van der Waals surface area contributed by atoms with E-state index in [0.29, 0.717) is 5.33 Å². The summed E-state index contributed by atoms with van der Waals surface area (Å²) >= 11 is 3.06. The average Bonchev–Trinajstić information content (AvgIpc) is 2.28. The third-order valence-corrected chi connectivity index (χ3v) is 2.49. The van der Waals surface area contributed by atoms with E-state index in [4.69, 9.17) is 10.5 Å². The number of hydrogen-bond donors (Lipinski definition) is 1. The van der Waals surface area contributed by atoms with E-state index in [0.717, 1.165) is 6.07 Å². The topological polar surface area (TPSA) is 52.3 Å². The van der Waals surface area contributed by atoms with Crippen LogP contribution in [0.1, 0.15) is 17.2 Å². The zero-order chi connectivity index (χ0) is 13.8. The Morgan fingerprint density at radius 3 is 2.50 bits per heavy atom. The monoisotopic (exact) mass is 325 g/mol. The summed E-state index contributed by atoms with van der Waals surface area (Å²) in [6.45, 7) is 0.0831. The Labute approximate surface area is 110 Å². The van der Waals surface area contributed by atoms with Crippen LogP contribution in [0.3, 0.4) is 0 Å². The number of amides is 1. The maximum Gasteiger partial charge on any atom is 0.416 e. The molecule has 1 unspecified atom stereocenters. The zero-order valence-electron chi connectivity index (χ0n) is 9.21. The third kappa shape index (κ3) is 3.71. The standard InChI is InChI=1S/C11H11BrF3NO2/c12-5-6-18-9(10(16)17)7-3-1-2-4-8(7)11(13,14)15/h1-4,9H,5-6H2,(H2,16,17). The van der Waals surface area contributed by atoms with Gasteiger partial charge < -0.3 is 10.5 Å². The van der Waals surface area contributed by atoms with Crippen LogP contribution in [0.4, 0.5) is 13.2 Å². The second kappa shape index (κ2) is 6.19. The summed E-state index contributed by atoms with van der Waals surface area (Å²) < 4.78 is 43.4. The maximum absolute atomic E-state index is 12.8. The molecule has 100 valence electrons. The third-order valence-electron chi connectivity index (χ3n) is 2.17. The zero-order valence-corrected chi connectivity index (χ0v) is 10.8. The van der Waals surface area contributed by atoms with Crippen LogP contribution in [-0.2, 0) is 15.7 Å². The van der Waals surface area contributed by atoms with Crippen molar-refractivity contribution in [1.29, 1.82) is 0 Å². The van der Waals surface area contributed by atoms with Crippen molar-refractivity contribution in [2.45, 2.75) is 12.3 Å². The van der Waals surface area contributed by atoms with E-state index in [9.17, 15) is 18.0 Å². The van der Waals surface area contributed by atoms with E-state index in [-0.39, 0.29) is 12.2 Å². The molecule has 0 aliphatic rings. The number of halogens is 4. The van der Waals surface area contributed by atoms with E-state index in [1.54, 1.807) is 0 Å². The van der Waals surface area contributed by atoms with Gasteiger partial charge >= 0.3 is 6.18 Å². The number of alkyl halides is 4. The molecule has 0 spiro atoms. The van der Waals surface area contributed by atoms with Gasteiger partial charge in [-0.1, -0.05) is 34.1 Å². The molecule has 2 N–H and O–H groups in total. The van der Waals surface area contributed by atoms with Crippen LogP contribution < -0.4 is 5.73 Å². The van der Waals surface area contributed by atoms with Crippen molar-refractivity contribution in [3.05, 3.63) is 35.4 Å². The summed E-state index contributed by atoms with van der Waals surface area (Å²) in [5.41, 5.74) is 3.90. The summed E-state index contributed by atoms with van der Waals surface area (Å²) in [4.78, 5) is 11.2. The fourth-order valence-electron chi connectivity index (χ4n) is 1.47. The molecule has 0 aliphatic heterocycles. The van der Waals surface area contributed by atoms with E-state index >= 15 is 0 Å². The Kier molecular flexibility index (Phi) is 5.15. The minimum absolute atomic E-state index is 0.0831. The molecular formula is C11H11BrF3NO2. The maximum atomic E-state index is 12.8. The SMILES string of the molecule is NC(=O)C(OCCBr)c1ccccc1C(F)(F)F. The molecule has 1 aromatic carbocycles. The van der Waals surface area contributed by atoms with Crippen molar-refractivity contribution in [3.8, 4) is 0 Å². The second-order valence-electron chi connectivity index (χ2n) is 3.43. The number of nitrogens with two attached hydrogens (primary N) is 1. The number of primary amides is 1. The molecule has 1 rings (SSSR count). The minimum Gasteiger partial charge on any atom is -0.367 e. The molecule has 0 radical (unpaired) electrons. The summed E-state index contributed by atoms with van der Waals surface area (Å²) in [6, 6.07) is 4.72. The van der Waals surface area contributed by atoms with E-state index < -0.39 is 23.8 Å². The summed E-state index contributed by atoms with van der Waals surface area (Å²) in [6.07, 6.45) is -5.96. The highest BCUT2D eigenvalue weighted by Crippen LogP contribution is 2.35. The fraction of sp³-hybridized carbons (Fsp3) is 0.364. The first-order valence-corrected chi connectivity index (χ1v) is 6.13. The molecule has 0 fully saturated rings. The quantitative estimate of drug-likeness (QED) is 0.846. The van der Waals surface area contributed by atoms with E-state index in [1.165, 1.54) is 18.2 Å².